The van der Waals surface area contributed by atoms with E-state index in [1.54, 1.807) is 35.1 Å². The Balaban J connectivity index is 1.87. The van der Waals surface area contributed by atoms with E-state index in [0.29, 0.717) is 29.0 Å². The molecule has 170 valence electrons. The van der Waals surface area contributed by atoms with E-state index < -0.39 is 55.1 Å². The minimum Gasteiger partial charge on any atom is -0.289 e. The van der Waals surface area contributed by atoms with Crippen molar-refractivity contribution in [3.8, 4) is 0 Å². The van der Waals surface area contributed by atoms with Gasteiger partial charge >= 0.3 is 0 Å². The Morgan fingerprint density at radius 3 is 2.28 bits per heavy atom. The van der Waals surface area contributed by atoms with Crippen molar-refractivity contribution in [2.24, 2.45) is 0 Å². The summed E-state index contributed by atoms with van der Waals surface area (Å²) in [4.78, 5) is 10.9. The fourth-order valence-electron chi connectivity index (χ4n) is 2.91. The summed E-state index contributed by atoms with van der Waals surface area (Å²) in [6.07, 6.45) is 0. The SMILES string of the molecule is O=C(NO)C(CNS(=O)(=O)c1cccc2ccccc12)NS(=O)(=O)c1ccc(F)cc1F. The molecule has 0 saturated carbocycles. The molecule has 4 N–H and O–H groups in total. The lowest BCUT2D eigenvalue weighted by molar-refractivity contribution is -0.130. The second-order valence-corrected chi connectivity index (χ2v) is 9.97. The molecule has 9 nitrogen and oxygen atoms in total. The molecule has 3 rings (SSSR count). The zero-order valence-electron chi connectivity index (χ0n) is 16.1. The molecule has 0 aliphatic carbocycles. The first-order valence-electron chi connectivity index (χ1n) is 8.94. The van der Waals surface area contributed by atoms with Gasteiger partial charge < -0.3 is 0 Å². The molecule has 0 spiro atoms. The predicted octanol–water partition coefficient (Wildman–Crippen LogP) is 1.25. The number of hydrogen-bond acceptors (Lipinski definition) is 6. The molecule has 0 bridgehead atoms. The Labute approximate surface area is 182 Å². The highest BCUT2D eigenvalue weighted by Gasteiger charge is 2.29. The van der Waals surface area contributed by atoms with Crippen molar-refractivity contribution in [2.75, 3.05) is 6.54 Å². The number of hydroxylamine groups is 1. The van der Waals surface area contributed by atoms with E-state index in [-0.39, 0.29) is 4.90 Å². The first kappa shape index (κ1) is 23.7. The summed E-state index contributed by atoms with van der Waals surface area (Å²) in [5.74, 6) is -3.75. The number of rotatable bonds is 8. The maximum atomic E-state index is 13.9. The van der Waals surface area contributed by atoms with Gasteiger partial charge in [0, 0.05) is 18.0 Å². The van der Waals surface area contributed by atoms with Crippen LogP contribution in [0.5, 0.6) is 0 Å². The fraction of sp³-hybridized carbons (Fsp3) is 0.105. The molecule has 1 atom stereocenters. The van der Waals surface area contributed by atoms with Crippen LogP contribution >= 0.6 is 0 Å². The van der Waals surface area contributed by atoms with Crippen LogP contribution in [0.3, 0.4) is 0 Å². The van der Waals surface area contributed by atoms with Gasteiger partial charge in [-0.2, -0.15) is 4.72 Å². The van der Waals surface area contributed by atoms with E-state index in [0.717, 1.165) is 0 Å². The van der Waals surface area contributed by atoms with E-state index >= 15 is 0 Å². The van der Waals surface area contributed by atoms with E-state index in [1.807, 2.05) is 0 Å². The van der Waals surface area contributed by atoms with Crippen LogP contribution in [0.2, 0.25) is 0 Å². The maximum Gasteiger partial charge on any atom is 0.262 e. The Bertz CT molecular complexity index is 1380. The summed E-state index contributed by atoms with van der Waals surface area (Å²) in [7, 11) is -8.96. The lowest BCUT2D eigenvalue weighted by Crippen LogP contribution is -2.52. The van der Waals surface area contributed by atoms with Crippen molar-refractivity contribution in [3.63, 3.8) is 0 Å². The standard InChI is InChI=1S/C19H17F2N3O6S2/c20-13-8-9-18(15(21)10-13)32(29,30)24-16(19(25)23-26)11-22-31(27,28)17-7-3-5-12-4-1-2-6-14(12)17/h1-10,16,22,24,26H,11H2,(H,23,25). The van der Waals surface area contributed by atoms with Gasteiger partial charge in [-0.25, -0.2) is 35.8 Å². The van der Waals surface area contributed by atoms with Crippen LogP contribution in [-0.4, -0.2) is 40.5 Å². The number of benzene rings is 3. The van der Waals surface area contributed by atoms with Crippen LogP contribution < -0.4 is 14.9 Å². The number of fused-ring (bicyclic) bond motifs is 1. The van der Waals surface area contributed by atoms with Crippen molar-refractivity contribution in [1.82, 2.24) is 14.9 Å². The topological polar surface area (TPSA) is 142 Å². The molecule has 3 aromatic rings. The average molecular weight is 485 g/mol. The normalized spacial score (nSPS) is 13.1. The Morgan fingerprint density at radius 2 is 1.59 bits per heavy atom. The molecule has 1 unspecified atom stereocenters. The first-order valence-corrected chi connectivity index (χ1v) is 11.9. The van der Waals surface area contributed by atoms with Gasteiger partial charge in [0.2, 0.25) is 20.0 Å². The summed E-state index contributed by atoms with van der Waals surface area (Å²) < 4.78 is 81.4. The van der Waals surface area contributed by atoms with Crippen LogP contribution in [0.25, 0.3) is 10.8 Å². The number of sulfonamides is 2. The summed E-state index contributed by atoms with van der Waals surface area (Å²) in [5.41, 5.74) is 1.21. The third-order valence-corrected chi connectivity index (χ3v) is 7.41. The van der Waals surface area contributed by atoms with Crippen molar-refractivity contribution < 1.29 is 35.6 Å². The summed E-state index contributed by atoms with van der Waals surface area (Å²) in [6, 6.07) is 11.0. The third-order valence-electron chi connectivity index (χ3n) is 4.42. The van der Waals surface area contributed by atoms with Crippen LogP contribution in [0, 0.1) is 11.6 Å². The quantitative estimate of drug-likeness (QED) is 0.280. The number of hydrogen-bond donors (Lipinski definition) is 4. The van der Waals surface area contributed by atoms with Gasteiger partial charge in [0.25, 0.3) is 5.91 Å². The molecule has 1 amide bonds. The highest BCUT2D eigenvalue weighted by atomic mass is 32.2. The molecular formula is C19H17F2N3O6S2. The zero-order valence-corrected chi connectivity index (χ0v) is 17.8. The number of halogens is 2. The smallest absolute Gasteiger partial charge is 0.262 e. The van der Waals surface area contributed by atoms with Crippen LogP contribution in [-0.2, 0) is 24.8 Å². The minimum atomic E-state index is -4.73. The van der Waals surface area contributed by atoms with Crippen LogP contribution in [0.15, 0.2) is 70.5 Å². The largest absolute Gasteiger partial charge is 0.289 e. The van der Waals surface area contributed by atoms with Gasteiger partial charge in [0.05, 0.1) is 4.90 Å². The lowest BCUT2D eigenvalue weighted by Gasteiger charge is -2.18. The van der Waals surface area contributed by atoms with Crippen molar-refractivity contribution in [2.45, 2.75) is 15.8 Å². The number of carbonyl (C=O) groups is 1. The Morgan fingerprint density at radius 1 is 0.906 bits per heavy atom. The maximum absolute atomic E-state index is 13.9. The summed E-state index contributed by atoms with van der Waals surface area (Å²) in [6.45, 7) is -0.819. The predicted molar refractivity (Wildman–Crippen MR) is 110 cm³/mol. The molecule has 0 aromatic heterocycles. The molecule has 0 fully saturated rings. The lowest BCUT2D eigenvalue weighted by atomic mass is 10.1. The van der Waals surface area contributed by atoms with Gasteiger partial charge in [-0.1, -0.05) is 36.4 Å². The van der Waals surface area contributed by atoms with Gasteiger partial charge in [-0.3, -0.25) is 10.0 Å². The van der Waals surface area contributed by atoms with Gasteiger partial charge in [-0.05, 0) is 23.6 Å². The molecule has 0 aliphatic heterocycles. The second kappa shape index (κ2) is 9.26. The minimum absolute atomic E-state index is 0.119. The van der Waals surface area contributed by atoms with E-state index in [4.69, 9.17) is 5.21 Å². The van der Waals surface area contributed by atoms with E-state index in [2.05, 4.69) is 4.72 Å². The van der Waals surface area contributed by atoms with E-state index in [9.17, 15) is 30.4 Å². The molecule has 0 radical (unpaired) electrons. The van der Waals surface area contributed by atoms with Crippen molar-refractivity contribution >= 4 is 36.7 Å². The Kier molecular flexibility index (Phi) is 6.85. The number of amides is 1. The highest BCUT2D eigenvalue weighted by Crippen LogP contribution is 2.22. The van der Waals surface area contributed by atoms with Gasteiger partial charge in [0.1, 0.15) is 22.6 Å². The molecular weight excluding hydrogens is 468 g/mol. The summed E-state index contributed by atoms with van der Waals surface area (Å²) >= 11 is 0. The Hall–Kier alpha value is -2.97. The van der Waals surface area contributed by atoms with Gasteiger partial charge in [-0.15, -0.1) is 0 Å². The van der Waals surface area contributed by atoms with Crippen molar-refractivity contribution in [1.29, 1.82) is 0 Å². The zero-order chi connectivity index (χ0) is 23.5. The number of carbonyl (C=O) groups excluding carboxylic acids is 1. The number of nitrogens with one attached hydrogen (secondary N) is 3. The molecule has 0 heterocycles. The first-order chi connectivity index (χ1) is 15.0. The molecule has 32 heavy (non-hydrogen) atoms. The monoisotopic (exact) mass is 485 g/mol. The highest BCUT2D eigenvalue weighted by molar-refractivity contribution is 7.90. The molecule has 13 heteroatoms. The molecule has 0 aliphatic rings. The van der Waals surface area contributed by atoms with Crippen molar-refractivity contribution in [3.05, 3.63) is 72.3 Å². The average Bonchev–Trinajstić information content (AvgIpc) is 2.75. The van der Waals surface area contributed by atoms with Crippen LogP contribution in [0.4, 0.5) is 8.78 Å². The van der Waals surface area contributed by atoms with Gasteiger partial charge in [0.15, 0.2) is 0 Å². The second-order valence-electron chi connectivity index (χ2n) is 6.55. The van der Waals surface area contributed by atoms with E-state index in [1.165, 1.54) is 17.6 Å². The fourth-order valence-corrected chi connectivity index (χ4v) is 5.44. The molecule has 3 aromatic carbocycles. The molecule has 0 saturated heterocycles. The third kappa shape index (κ3) is 5.08. The summed E-state index contributed by atoms with van der Waals surface area (Å²) in [5, 5.41) is 9.94. The van der Waals surface area contributed by atoms with Crippen LogP contribution in [0.1, 0.15) is 0 Å².